The number of rotatable bonds is 5. The van der Waals surface area contributed by atoms with Gasteiger partial charge in [0.05, 0.1) is 0 Å². The molecular formula is C22H27N. The zero-order valence-corrected chi connectivity index (χ0v) is 14.4. The van der Waals surface area contributed by atoms with Gasteiger partial charge in [0, 0.05) is 0 Å². The predicted octanol–water partition coefficient (Wildman–Crippen LogP) is 5.12. The average Bonchev–Trinajstić information content (AvgIpc) is 2.72. The van der Waals surface area contributed by atoms with Crippen molar-refractivity contribution in [3.63, 3.8) is 0 Å². The summed E-state index contributed by atoms with van der Waals surface area (Å²) in [5, 5.41) is 0. The van der Waals surface area contributed by atoms with Crippen molar-refractivity contribution in [1.82, 2.24) is 4.90 Å². The summed E-state index contributed by atoms with van der Waals surface area (Å²) in [4.78, 5) is 2.52. The molecule has 2 aromatic carbocycles. The van der Waals surface area contributed by atoms with E-state index in [1.165, 1.54) is 40.8 Å². The average molecular weight is 305 g/mol. The molecule has 0 spiro atoms. The molecule has 0 saturated heterocycles. The van der Waals surface area contributed by atoms with Gasteiger partial charge >= 0.3 is 0 Å². The van der Waals surface area contributed by atoms with Crippen LogP contribution in [0.4, 0.5) is 0 Å². The first-order chi connectivity index (χ1) is 11.2. The van der Waals surface area contributed by atoms with Crippen molar-refractivity contribution < 1.29 is 0 Å². The van der Waals surface area contributed by atoms with E-state index >= 15 is 0 Å². The van der Waals surface area contributed by atoms with Gasteiger partial charge in [-0.15, -0.1) is 0 Å². The molecule has 1 unspecified atom stereocenters. The molecule has 1 aliphatic carbocycles. The van der Waals surface area contributed by atoms with Gasteiger partial charge in [-0.1, -0.05) is 69.0 Å². The minimum Gasteiger partial charge on any atom is -0.304 e. The van der Waals surface area contributed by atoms with Gasteiger partial charge in [-0.25, -0.2) is 0 Å². The van der Waals surface area contributed by atoms with Crippen LogP contribution in [-0.2, 0) is 6.42 Å². The van der Waals surface area contributed by atoms with Gasteiger partial charge in [-0.3, -0.25) is 0 Å². The van der Waals surface area contributed by atoms with Crippen molar-refractivity contribution in [2.24, 2.45) is 0 Å². The SMILES string of the molecule is C=C1c2ccccc2CC(CCN(CC)CC)c2ccccc21. The molecule has 1 heteroatoms. The first-order valence-corrected chi connectivity index (χ1v) is 8.83. The molecule has 0 aromatic heterocycles. The van der Waals surface area contributed by atoms with E-state index in [4.69, 9.17) is 0 Å². The van der Waals surface area contributed by atoms with Crippen LogP contribution in [0.5, 0.6) is 0 Å². The summed E-state index contributed by atoms with van der Waals surface area (Å²) in [6.45, 7) is 12.3. The van der Waals surface area contributed by atoms with Gasteiger partial charge in [-0.2, -0.15) is 0 Å². The van der Waals surface area contributed by atoms with Gasteiger partial charge < -0.3 is 4.90 Å². The third-order valence-corrected chi connectivity index (χ3v) is 5.22. The number of hydrogen-bond donors (Lipinski definition) is 0. The summed E-state index contributed by atoms with van der Waals surface area (Å²) in [5.74, 6) is 0.576. The van der Waals surface area contributed by atoms with E-state index in [0.717, 1.165) is 19.5 Å². The normalized spacial score (nSPS) is 16.8. The molecule has 1 aliphatic rings. The minimum absolute atomic E-state index is 0.576. The van der Waals surface area contributed by atoms with E-state index in [1.54, 1.807) is 0 Å². The van der Waals surface area contributed by atoms with Crippen molar-refractivity contribution >= 4 is 5.57 Å². The third kappa shape index (κ3) is 3.25. The molecule has 23 heavy (non-hydrogen) atoms. The molecule has 120 valence electrons. The van der Waals surface area contributed by atoms with Crippen molar-refractivity contribution in [2.75, 3.05) is 19.6 Å². The monoisotopic (exact) mass is 305 g/mol. The smallest absolute Gasteiger partial charge is 0.00130 e. The van der Waals surface area contributed by atoms with E-state index in [2.05, 4.69) is 73.9 Å². The summed E-state index contributed by atoms with van der Waals surface area (Å²) < 4.78 is 0. The number of hydrogen-bond acceptors (Lipinski definition) is 1. The topological polar surface area (TPSA) is 3.24 Å². The molecule has 3 rings (SSSR count). The van der Waals surface area contributed by atoms with Gasteiger partial charge in [0.1, 0.15) is 0 Å². The molecule has 0 fully saturated rings. The lowest BCUT2D eigenvalue weighted by molar-refractivity contribution is 0.289. The van der Waals surface area contributed by atoms with Crippen LogP contribution in [0.25, 0.3) is 5.57 Å². The Morgan fingerprint density at radius 3 is 2.35 bits per heavy atom. The second kappa shape index (κ2) is 7.14. The van der Waals surface area contributed by atoms with Crippen LogP contribution in [0, 0.1) is 0 Å². The van der Waals surface area contributed by atoms with Crippen molar-refractivity contribution in [3.05, 3.63) is 77.4 Å². The van der Waals surface area contributed by atoms with Crippen molar-refractivity contribution in [2.45, 2.75) is 32.6 Å². The molecule has 0 heterocycles. The van der Waals surface area contributed by atoms with Crippen LogP contribution in [0.1, 0.15) is 48.4 Å². The van der Waals surface area contributed by atoms with Gasteiger partial charge in [0.2, 0.25) is 0 Å². The third-order valence-electron chi connectivity index (χ3n) is 5.22. The quantitative estimate of drug-likeness (QED) is 0.741. The highest BCUT2D eigenvalue weighted by atomic mass is 15.1. The molecule has 0 bridgehead atoms. The lowest BCUT2D eigenvalue weighted by Crippen LogP contribution is -2.25. The van der Waals surface area contributed by atoms with Crippen LogP contribution < -0.4 is 0 Å². The molecule has 0 amide bonds. The highest BCUT2D eigenvalue weighted by Gasteiger charge is 2.23. The molecule has 0 aliphatic heterocycles. The van der Waals surface area contributed by atoms with Crippen LogP contribution >= 0.6 is 0 Å². The molecule has 1 nitrogen and oxygen atoms in total. The Hall–Kier alpha value is -1.86. The highest BCUT2D eigenvalue weighted by Crippen LogP contribution is 2.38. The highest BCUT2D eigenvalue weighted by molar-refractivity contribution is 5.82. The Morgan fingerprint density at radius 2 is 1.61 bits per heavy atom. The zero-order chi connectivity index (χ0) is 16.2. The zero-order valence-electron chi connectivity index (χ0n) is 14.4. The maximum atomic E-state index is 4.41. The van der Waals surface area contributed by atoms with E-state index in [0.29, 0.717) is 5.92 Å². The van der Waals surface area contributed by atoms with Crippen LogP contribution in [0.3, 0.4) is 0 Å². The Bertz CT molecular complexity index is 682. The lowest BCUT2D eigenvalue weighted by Gasteiger charge is -2.23. The van der Waals surface area contributed by atoms with E-state index in [1.807, 2.05) is 0 Å². The lowest BCUT2D eigenvalue weighted by atomic mass is 9.88. The Labute approximate surface area is 140 Å². The second-order valence-electron chi connectivity index (χ2n) is 6.44. The summed E-state index contributed by atoms with van der Waals surface area (Å²) in [6, 6.07) is 17.6. The van der Waals surface area contributed by atoms with Crippen molar-refractivity contribution in [1.29, 1.82) is 0 Å². The van der Waals surface area contributed by atoms with E-state index < -0.39 is 0 Å². The Balaban J connectivity index is 1.96. The van der Waals surface area contributed by atoms with Gasteiger partial charge in [-0.05, 0) is 66.2 Å². The molecule has 2 aromatic rings. The first-order valence-electron chi connectivity index (χ1n) is 8.83. The first kappa shape index (κ1) is 16.0. The Morgan fingerprint density at radius 1 is 0.957 bits per heavy atom. The van der Waals surface area contributed by atoms with Crippen LogP contribution in [0.2, 0.25) is 0 Å². The standard InChI is InChI=1S/C22H27N/c1-4-23(5-2)15-14-19-16-18-10-6-7-11-20(18)17(3)21-12-8-9-13-22(19)21/h6-13,19H,3-5,14-16H2,1-2H3. The summed E-state index contributed by atoms with van der Waals surface area (Å²) >= 11 is 0. The number of nitrogens with zero attached hydrogens (tertiary/aromatic N) is 1. The molecule has 0 radical (unpaired) electrons. The van der Waals surface area contributed by atoms with E-state index in [-0.39, 0.29) is 0 Å². The minimum atomic E-state index is 0.576. The Kier molecular flexibility index (Phi) is 4.97. The fraction of sp³-hybridized carbons (Fsp3) is 0.364. The predicted molar refractivity (Wildman–Crippen MR) is 99.9 cm³/mol. The molecule has 0 saturated carbocycles. The van der Waals surface area contributed by atoms with E-state index in [9.17, 15) is 0 Å². The largest absolute Gasteiger partial charge is 0.304 e. The van der Waals surface area contributed by atoms with Crippen molar-refractivity contribution in [3.8, 4) is 0 Å². The molecular weight excluding hydrogens is 278 g/mol. The van der Waals surface area contributed by atoms with Gasteiger partial charge in [0.15, 0.2) is 0 Å². The number of fused-ring (bicyclic) bond motifs is 2. The summed E-state index contributed by atoms with van der Waals surface area (Å²) in [5.41, 5.74) is 6.76. The molecule has 0 N–H and O–H groups in total. The second-order valence-corrected chi connectivity index (χ2v) is 6.44. The molecule has 1 atom stereocenters. The fourth-order valence-electron chi connectivity index (χ4n) is 3.78. The number of benzene rings is 2. The summed E-state index contributed by atoms with van der Waals surface area (Å²) in [7, 11) is 0. The van der Waals surface area contributed by atoms with Crippen LogP contribution in [-0.4, -0.2) is 24.5 Å². The fourth-order valence-corrected chi connectivity index (χ4v) is 3.78. The van der Waals surface area contributed by atoms with Gasteiger partial charge in [0.25, 0.3) is 0 Å². The van der Waals surface area contributed by atoms with Crippen LogP contribution in [0.15, 0.2) is 55.1 Å². The summed E-state index contributed by atoms with van der Waals surface area (Å²) in [6.07, 6.45) is 2.33. The maximum Gasteiger partial charge on any atom is -0.00130 e. The maximum absolute atomic E-state index is 4.41.